The van der Waals surface area contributed by atoms with Crippen LogP contribution in [0.1, 0.15) is 24.0 Å². The second-order valence-electron chi connectivity index (χ2n) is 9.62. The number of ether oxygens (including phenoxy) is 1. The Morgan fingerprint density at radius 2 is 1.22 bits per heavy atom. The van der Waals surface area contributed by atoms with Crippen LogP contribution in [-0.4, -0.2) is 49.6 Å². The van der Waals surface area contributed by atoms with Gasteiger partial charge in [0.15, 0.2) is 0 Å². The van der Waals surface area contributed by atoms with Crippen molar-refractivity contribution in [1.82, 2.24) is 10.2 Å². The number of hydrogen-bond acceptors (Lipinski definition) is 13. The summed E-state index contributed by atoms with van der Waals surface area (Å²) in [5, 5.41) is 11.4. The highest BCUT2D eigenvalue weighted by molar-refractivity contribution is 7.19. The highest BCUT2D eigenvalue weighted by atomic mass is 32.1. The molecule has 2 aromatic heterocycles. The van der Waals surface area contributed by atoms with Crippen LogP contribution in [0.2, 0.25) is 0 Å². The third-order valence-corrected chi connectivity index (χ3v) is 8.12. The van der Waals surface area contributed by atoms with E-state index in [9.17, 15) is 0 Å². The third kappa shape index (κ3) is 10.5. The number of nitrogens with two attached hydrogens (primary N) is 6. The molecule has 0 radical (unpaired) electrons. The molecule has 2 aromatic carbocycles. The van der Waals surface area contributed by atoms with Crippen LogP contribution >= 0.6 is 22.7 Å². The number of hydrogen-bond donors (Lipinski definition) is 6. The topological polar surface area (TPSA) is 198 Å². The fourth-order valence-electron chi connectivity index (χ4n) is 3.96. The average molecular weight is 599 g/mol. The summed E-state index contributed by atoms with van der Waals surface area (Å²) in [5.74, 6) is 0. The summed E-state index contributed by atoms with van der Waals surface area (Å²) in [5.41, 5.74) is 38.3. The number of nitrogen functional groups attached to an aromatic ring is 6. The van der Waals surface area contributed by atoms with Crippen LogP contribution in [0.3, 0.4) is 0 Å². The number of benzene rings is 2. The molecule has 4 aromatic rings. The number of aryl methyl sites for hydroxylation is 2. The zero-order valence-corrected chi connectivity index (χ0v) is 25.4. The van der Waals surface area contributed by atoms with Gasteiger partial charge in [0.2, 0.25) is 10.3 Å². The highest BCUT2D eigenvalue weighted by Gasteiger charge is 2.15. The van der Waals surface area contributed by atoms with Crippen molar-refractivity contribution in [2.75, 3.05) is 83.6 Å². The first-order valence-corrected chi connectivity index (χ1v) is 15.0. The number of rotatable bonds is 2. The lowest BCUT2D eigenvalue weighted by Crippen LogP contribution is -2.36. The molecule has 6 rings (SSSR count). The molecule has 2 saturated heterocycles. The van der Waals surface area contributed by atoms with Gasteiger partial charge in [0.25, 0.3) is 0 Å². The Morgan fingerprint density at radius 3 is 1.63 bits per heavy atom. The molecule has 0 saturated carbocycles. The maximum Gasteiger partial charge on any atom is 0.210 e. The molecule has 11 nitrogen and oxygen atoms in total. The first-order valence-electron chi connectivity index (χ1n) is 13.4. The van der Waals surface area contributed by atoms with Gasteiger partial charge in [-0.05, 0) is 86.3 Å². The molecule has 0 atom stereocenters. The highest BCUT2D eigenvalue weighted by Crippen LogP contribution is 2.30. The quantitative estimate of drug-likeness (QED) is 0.181. The van der Waals surface area contributed by atoms with Crippen LogP contribution in [0.15, 0.2) is 48.5 Å². The van der Waals surface area contributed by atoms with E-state index in [0.717, 1.165) is 70.3 Å². The normalized spacial score (nSPS) is 14.2. The Morgan fingerprint density at radius 1 is 0.659 bits per heavy atom. The van der Waals surface area contributed by atoms with Gasteiger partial charge in [-0.3, -0.25) is 0 Å². The maximum atomic E-state index is 5.64. The van der Waals surface area contributed by atoms with Crippen molar-refractivity contribution in [2.24, 2.45) is 0 Å². The lowest BCUT2D eigenvalue weighted by Gasteiger charge is -2.25. The number of nitrogens with zero attached hydrogens (tertiary/aromatic N) is 4. The van der Waals surface area contributed by atoms with Crippen LogP contribution in [0.5, 0.6) is 0 Å². The Labute approximate surface area is 250 Å². The molecule has 2 fully saturated rings. The van der Waals surface area contributed by atoms with E-state index >= 15 is 0 Å². The summed E-state index contributed by atoms with van der Waals surface area (Å²) in [7, 11) is 0. The van der Waals surface area contributed by atoms with E-state index in [1.54, 1.807) is 23.5 Å². The minimum Gasteiger partial charge on any atom is -0.399 e. The Balaban J connectivity index is 0.000000152. The van der Waals surface area contributed by atoms with Crippen LogP contribution < -0.4 is 44.2 Å². The number of morpholine rings is 1. The van der Waals surface area contributed by atoms with Gasteiger partial charge in [-0.25, -0.2) is 0 Å². The zero-order valence-electron chi connectivity index (χ0n) is 23.8. The fourth-order valence-corrected chi connectivity index (χ4v) is 5.44. The van der Waals surface area contributed by atoms with E-state index < -0.39 is 0 Å². The lowest BCUT2D eigenvalue weighted by molar-refractivity contribution is 0.122. The van der Waals surface area contributed by atoms with Gasteiger partial charge in [0, 0.05) is 48.9 Å². The van der Waals surface area contributed by atoms with E-state index in [2.05, 4.69) is 26.1 Å². The molecule has 0 amide bonds. The monoisotopic (exact) mass is 598 g/mol. The summed E-state index contributed by atoms with van der Waals surface area (Å²) < 4.78 is 5.21. The van der Waals surface area contributed by atoms with Crippen molar-refractivity contribution >= 4 is 65.7 Å². The molecule has 0 unspecified atom stereocenters. The minimum absolute atomic E-state index is 0.525. The van der Waals surface area contributed by atoms with E-state index in [0.29, 0.717) is 5.13 Å². The van der Waals surface area contributed by atoms with Crippen LogP contribution in [0.25, 0.3) is 0 Å². The minimum atomic E-state index is 0.525. The molecule has 0 bridgehead atoms. The largest absolute Gasteiger partial charge is 0.399 e. The third-order valence-electron chi connectivity index (χ3n) is 6.33. The summed E-state index contributed by atoms with van der Waals surface area (Å²) >= 11 is 3.11. The lowest BCUT2D eigenvalue weighted by atomic mass is 10.2. The SMILES string of the molecule is Cc1cc(N)ccc1N.Cc1cc(N)ccc1N.Nc1ccc(N2CCCC2)s1.Nc1nnc(N2CCOCC2)s1. The van der Waals surface area contributed by atoms with Gasteiger partial charge in [-0.1, -0.05) is 11.3 Å². The second kappa shape index (κ2) is 15.7. The molecule has 12 N–H and O–H groups in total. The summed E-state index contributed by atoms with van der Waals surface area (Å²) in [6.45, 7) is 9.58. The van der Waals surface area contributed by atoms with Crippen LogP contribution in [-0.2, 0) is 4.74 Å². The fraction of sp³-hybridized carbons (Fsp3) is 0.357. The molecule has 2 aliphatic heterocycles. The van der Waals surface area contributed by atoms with Crippen LogP contribution in [0.4, 0.5) is 43.0 Å². The first kappa shape index (κ1) is 31.6. The Hall–Kier alpha value is -3.94. The summed E-state index contributed by atoms with van der Waals surface area (Å²) in [4.78, 5) is 4.54. The van der Waals surface area contributed by atoms with Gasteiger partial charge in [0.1, 0.15) is 0 Å². The standard InChI is InChI=1S/C8H12N2S.2C7H10N2.C6H10N4OS/c9-7-3-4-8(11-7)10-5-1-2-6-10;2*1-5-4-6(8)2-3-7(5)9;7-5-8-9-6(12-5)10-1-3-11-4-2-10/h3-4H,1-2,5-6,9H2;2*2-4H,8-9H2,1H3;1-4H2,(H2,7,8). The predicted molar refractivity (Wildman–Crippen MR) is 178 cm³/mol. The molecule has 0 spiro atoms. The van der Waals surface area contributed by atoms with E-state index in [-0.39, 0.29) is 0 Å². The molecule has 222 valence electrons. The van der Waals surface area contributed by atoms with Gasteiger partial charge in [-0.2, -0.15) is 0 Å². The van der Waals surface area contributed by atoms with Gasteiger partial charge < -0.3 is 48.9 Å². The van der Waals surface area contributed by atoms with E-state index in [1.807, 2.05) is 44.2 Å². The number of aromatic nitrogens is 2. The van der Waals surface area contributed by atoms with Gasteiger partial charge in [-0.15, -0.1) is 21.5 Å². The van der Waals surface area contributed by atoms with Crippen molar-refractivity contribution < 1.29 is 4.74 Å². The van der Waals surface area contributed by atoms with Crippen molar-refractivity contribution in [1.29, 1.82) is 0 Å². The molecule has 4 heterocycles. The zero-order chi connectivity index (χ0) is 29.8. The van der Waals surface area contributed by atoms with Gasteiger partial charge >= 0.3 is 0 Å². The number of thiophene rings is 1. The summed E-state index contributed by atoms with van der Waals surface area (Å²) in [6.07, 6.45) is 2.66. The molecular formula is C28H42N10OS2. The Kier molecular flexibility index (Phi) is 12.1. The van der Waals surface area contributed by atoms with Crippen molar-refractivity contribution in [3.8, 4) is 0 Å². The van der Waals surface area contributed by atoms with E-state index in [4.69, 9.17) is 39.1 Å². The Bertz CT molecular complexity index is 1300. The molecule has 41 heavy (non-hydrogen) atoms. The first-order chi connectivity index (χ1) is 19.6. The average Bonchev–Trinajstić information content (AvgIpc) is 3.73. The van der Waals surface area contributed by atoms with Gasteiger partial charge in [0.05, 0.1) is 23.2 Å². The van der Waals surface area contributed by atoms with Crippen LogP contribution in [0, 0.1) is 13.8 Å². The molecule has 13 heteroatoms. The number of anilines is 8. The van der Waals surface area contributed by atoms with E-state index in [1.165, 1.54) is 42.3 Å². The molecule has 2 aliphatic rings. The van der Waals surface area contributed by atoms with Crippen molar-refractivity contribution in [3.63, 3.8) is 0 Å². The predicted octanol–water partition coefficient (Wildman–Crippen LogP) is 4.21. The maximum absolute atomic E-state index is 5.64. The second-order valence-corrected chi connectivity index (χ2v) is 11.7. The molecular weight excluding hydrogens is 557 g/mol. The van der Waals surface area contributed by atoms with Crippen molar-refractivity contribution in [2.45, 2.75) is 26.7 Å². The molecule has 0 aliphatic carbocycles. The smallest absolute Gasteiger partial charge is 0.210 e. The summed E-state index contributed by atoms with van der Waals surface area (Å²) in [6, 6.07) is 15.0. The van der Waals surface area contributed by atoms with Crippen molar-refractivity contribution in [3.05, 3.63) is 59.7 Å².